The first-order chi connectivity index (χ1) is 16.5. The van der Waals surface area contributed by atoms with E-state index in [0.29, 0.717) is 34.9 Å². The number of anilines is 2. The molecular formula is C26H23ClN4O3. The molecule has 3 aromatic rings. The van der Waals surface area contributed by atoms with E-state index in [1.807, 2.05) is 24.3 Å². The number of piperazine rings is 1. The van der Waals surface area contributed by atoms with Crippen LogP contribution in [0.2, 0.25) is 5.02 Å². The van der Waals surface area contributed by atoms with Gasteiger partial charge < -0.3 is 4.90 Å². The highest BCUT2D eigenvalue weighted by Crippen LogP contribution is 2.29. The van der Waals surface area contributed by atoms with Crippen LogP contribution in [0, 0.1) is 0 Å². The lowest BCUT2D eigenvalue weighted by Crippen LogP contribution is -2.52. The molecule has 2 aliphatic rings. The third-order valence-corrected chi connectivity index (χ3v) is 6.62. The maximum atomic E-state index is 13.1. The van der Waals surface area contributed by atoms with Gasteiger partial charge in [0.15, 0.2) is 5.78 Å². The van der Waals surface area contributed by atoms with E-state index in [1.165, 1.54) is 4.90 Å². The maximum absolute atomic E-state index is 13.1. The van der Waals surface area contributed by atoms with Gasteiger partial charge in [-0.25, -0.2) is 4.90 Å². The van der Waals surface area contributed by atoms with E-state index in [4.69, 9.17) is 11.6 Å². The zero-order chi connectivity index (χ0) is 23.7. The minimum atomic E-state index is -0.450. The smallest absolute Gasteiger partial charge is 0.251 e. The van der Waals surface area contributed by atoms with E-state index in [2.05, 4.69) is 14.8 Å². The molecule has 0 N–H and O–H groups in total. The summed E-state index contributed by atoms with van der Waals surface area (Å²) in [6, 6.07) is 17.4. The van der Waals surface area contributed by atoms with Crippen molar-refractivity contribution in [1.82, 2.24) is 9.88 Å². The summed E-state index contributed by atoms with van der Waals surface area (Å²) in [7, 11) is 0. The van der Waals surface area contributed by atoms with Gasteiger partial charge in [0.2, 0.25) is 5.91 Å². The van der Waals surface area contributed by atoms with Crippen LogP contribution in [-0.2, 0) is 9.59 Å². The van der Waals surface area contributed by atoms with E-state index >= 15 is 0 Å². The molecule has 5 rings (SSSR count). The fourth-order valence-corrected chi connectivity index (χ4v) is 4.76. The molecule has 172 valence electrons. The van der Waals surface area contributed by atoms with Gasteiger partial charge in [0.1, 0.15) is 0 Å². The molecule has 1 atom stereocenters. The Bertz CT molecular complexity index is 1220. The molecule has 0 radical (unpaired) electrons. The van der Waals surface area contributed by atoms with Gasteiger partial charge in [-0.2, -0.15) is 0 Å². The number of rotatable bonds is 5. The van der Waals surface area contributed by atoms with Crippen molar-refractivity contribution in [2.45, 2.75) is 12.5 Å². The number of hydrogen-bond donors (Lipinski definition) is 0. The Labute approximate surface area is 202 Å². The number of carbonyl (C=O) groups is 3. The topological polar surface area (TPSA) is 73.8 Å². The maximum Gasteiger partial charge on any atom is 0.251 e. The average molecular weight is 475 g/mol. The van der Waals surface area contributed by atoms with Crippen molar-refractivity contribution in [2.24, 2.45) is 0 Å². The van der Waals surface area contributed by atoms with Gasteiger partial charge in [-0.05, 0) is 54.6 Å². The van der Waals surface area contributed by atoms with Crippen molar-refractivity contribution in [3.63, 3.8) is 0 Å². The quantitative estimate of drug-likeness (QED) is 0.416. The van der Waals surface area contributed by atoms with Gasteiger partial charge in [0, 0.05) is 60.4 Å². The molecule has 2 amide bonds. The van der Waals surface area contributed by atoms with Crippen LogP contribution in [0.25, 0.3) is 0 Å². The van der Waals surface area contributed by atoms with Crippen LogP contribution in [0.4, 0.5) is 11.4 Å². The highest BCUT2D eigenvalue weighted by molar-refractivity contribution is 6.31. The Hall–Kier alpha value is -3.55. The van der Waals surface area contributed by atoms with E-state index in [1.54, 1.807) is 48.8 Å². The predicted molar refractivity (Wildman–Crippen MR) is 130 cm³/mol. The molecular weight excluding hydrogens is 452 g/mol. The number of nitrogens with zero attached hydrogens (tertiary/aromatic N) is 4. The molecule has 1 aromatic heterocycles. The number of halogens is 1. The number of pyridine rings is 1. The lowest BCUT2D eigenvalue weighted by atomic mass is 10.0. The summed E-state index contributed by atoms with van der Waals surface area (Å²) in [4.78, 5) is 47.8. The van der Waals surface area contributed by atoms with Crippen LogP contribution in [0.15, 0.2) is 73.1 Å². The van der Waals surface area contributed by atoms with Gasteiger partial charge in [-0.15, -0.1) is 0 Å². The zero-order valence-corrected chi connectivity index (χ0v) is 19.2. The van der Waals surface area contributed by atoms with E-state index < -0.39 is 6.04 Å². The molecule has 2 aromatic carbocycles. The minimum Gasteiger partial charge on any atom is -0.369 e. The van der Waals surface area contributed by atoms with Crippen molar-refractivity contribution in [3.05, 3.63) is 89.2 Å². The molecule has 8 heteroatoms. The fraction of sp³-hybridized carbons (Fsp3) is 0.231. The second-order valence-electron chi connectivity index (χ2n) is 8.40. The summed E-state index contributed by atoms with van der Waals surface area (Å²) < 4.78 is 0. The average Bonchev–Trinajstić information content (AvgIpc) is 3.18. The predicted octanol–water partition coefficient (Wildman–Crippen LogP) is 3.42. The number of benzene rings is 2. The van der Waals surface area contributed by atoms with Crippen molar-refractivity contribution >= 4 is 40.6 Å². The first-order valence-electron chi connectivity index (χ1n) is 11.2. The lowest BCUT2D eigenvalue weighted by Gasteiger charge is -2.38. The lowest BCUT2D eigenvalue weighted by molar-refractivity contribution is -0.123. The number of aromatic nitrogens is 1. The van der Waals surface area contributed by atoms with Crippen LogP contribution in [0.5, 0.6) is 0 Å². The van der Waals surface area contributed by atoms with Crippen molar-refractivity contribution in [3.8, 4) is 0 Å². The van der Waals surface area contributed by atoms with Gasteiger partial charge in [0.05, 0.1) is 18.2 Å². The first-order valence-corrected chi connectivity index (χ1v) is 11.6. The molecule has 2 aliphatic heterocycles. The number of imide groups is 1. The Kier molecular flexibility index (Phi) is 6.13. The molecule has 0 saturated carbocycles. The van der Waals surface area contributed by atoms with E-state index in [-0.39, 0.29) is 24.0 Å². The molecule has 0 bridgehead atoms. The molecule has 0 spiro atoms. The van der Waals surface area contributed by atoms with Gasteiger partial charge in [-0.3, -0.25) is 24.3 Å². The standard InChI is InChI=1S/C26H23ClN4O3/c27-20-2-1-3-22(16-20)31-24(32)17-23(26(31)34)30-14-12-29(13-15-30)21-6-4-18(5-7-21)25(33)19-8-10-28-11-9-19/h1-11,16,23H,12-15,17H2/t23-/m0/s1. The van der Waals surface area contributed by atoms with Gasteiger partial charge >= 0.3 is 0 Å². The van der Waals surface area contributed by atoms with Crippen molar-refractivity contribution in [2.75, 3.05) is 36.0 Å². The third kappa shape index (κ3) is 4.32. The summed E-state index contributed by atoms with van der Waals surface area (Å²) in [6.07, 6.45) is 3.40. The van der Waals surface area contributed by atoms with Crippen LogP contribution < -0.4 is 9.80 Å². The molecule has 3 heterocycles. The SMILES string of the molecule is O=C(c1ccncc1)c1ccc(N2CCN([C@H]3CC(=O)N(c4cccc(Cl)c4)C3=O)CC2)cc1. The summed E-state index contributed by atoms with van der Waals surface area (Å²) in [5, 5.41) is 0.489. The molecule has 7 nitrogen and oxygen atoms in total. The number of hydrogen-bond acceptors (Lipinski definition) is 6. The largest absolute Gasteiger partial charge is 0.369 e. The third-order valence-electron chi connectivity index (χ3n) is 6.38. The molecule has 2 saturated heterocycles. The highest BCUT2D eigenvalue weighted by atomic mass is 35.5. The first kappa shape index (κ1) is 22.3. The second-order valence-corrected chi connectivity index (χ2v) is 8.84. The van der Waals surface area contributed by atoms with E-state index in [0.717, 1.165) is 18.8 Å². The molecule has 0 unspecified atom stereocenters. The summed E-state index contributed by atoms with van der Waals surface area (Å²) in [5.41, 5.74) is 2.79. The normalized spacial score (nSPS) is 19.0. The Morgan fingerprint density at radius 3 is 2.21 bits per heavy atom. The molecule has 34 heavy (non-hydrogen) atoms. The number of ketones is 1. The fourth-order valence-electron chi connectivity index (χ4n) is 4.57. The van der Waals surface area contributed by atoms with Crippen molar-refractivity contribution in [1.29, 1.82) is 0 Å². The summed E-state index contributed by atoms with van der Waals surface area (Å²) in [6.45, 7) is 2.80. The molecule has 0 aliphatic carbocycles. The number of amides is 2. The summed E-state index contributed by atoms with van der Waals surface area (Å²) in [5.74, 6) is -0.429. The minimum absolute atomic E-state index is 0.0348. The monoisotopic (exact) mass is 474 g/mol. The van der Waals surface area contributed by atoms with Crippen LogP contribution in [0.1, 0.15) is 22.3 Å². The van der Waals surface area contributed by atoms with Crippen LogP contribution >= 0.6 is 11.6 Å². The number of carbonyl (C=O) groups excluding carboxylic acids is 3. The highest BCUT2D eigenvalue weighted by Gasteiger charge is 2.43. The zero-order valence-electron chi connectivity index (χ0n) is 18.4. The van der Waals surface area contributed by atoms with Crippen LogP contribution in [-0.4, -0.2) is 59.7 Å². The Balaban J connectivity index is 1.22. The van der Waals surface area contributed by atoms with Gasteiger partial charge in [0.25, 0.3) is 5.91 Å². The van der Waals surface area contributed by atoms with Gasteiger partial charge in [-0.1, -0.05) is 17.7 Å². The Morgan fingerprint density at radius 1 is 0.853 bits per heavy atom. The molecule has 2 fully saturated rings. The summed E-state index contributed by atoms with van der Waals surface area (Å²) >= 11 is 6.05. The Morgan fingerprint density at radius 2 is 1.53 bits per heavy atom. The second kappa shape index (κ2) is 9.37. The van der Waals surface area contributed by atoms with Crippen LogP contribution in [0.3, 0.4) is 0 Å². The van der Waals surface area contributed by atoms with Crippen molar-refractivity contribution < 1.29 is 14.4 Å². The van der Waals surface area contributed by atoms with E-state index in [9.17, 15) is 14.4 Å².